The third-order valence-electron chi connectivity index (χ3n) is 4.32. The van der Waals surface area contributed by atoms with Crippen LogP contribution < -0.4 is 0 Å². The van der Waals surface area contributed by atoms with Gasteiger partial charge in [-0.05, 0) is 29.7 Å². The molecule has 0 aromatic heterocycles. The topological polar surface area (TPSA) is 18.8 Å². The number of hydrogen-bond donors (Lipinski definition) is 0. The molecule has 0 spiro atoms. The molecule has 1 heterocycles. The Hall–Kier alpha value is -2.10. The maximum atomic E-state index is 6.26. The zero-order valence-electron chi connectivity index (χ0n) is 14.6. The number of piperazine rings is 1. The van der Waals surface area contributed by atoms with Crippen molar-refractivity contribution >= 4 is 23.9 Å². The van der Waals surface area contributed by atoms with Crippen molar-refractivity contribution in [1.29, 1.82) is 0 Å². The average molecular weight is 354 g/mol. The normalized spacial score (nSPS) is 16.6. The summed E-state index contributed by atoms with van der Waals surface area (Å²) in [6.07, 6.45) is 4.11. The first-order valence-electron chi connectivity index (χ1n) is 8.69. The highest BCUT2D eigenvalue weighted by atomic mass is 35.5. The van der Waals surface area contributed by atoms with E-state index in [2.05, 4.69) is 58.3 Å². The Bertz CT molecular complexity index is 732. The smallest absolute Gasteiger partial charge is 0.0499 e. The second-order valence-corrected chi connectivity index (χ2v) is 6.77. The molecule has 3 nitrogen and oxygen atoms in total. The number of benzene rings is 2. The number of hydrogen-bond acceptors (Lipinski definition) is 3. The fraction of sp³-hybridized carbons (Fsp3) is 0.286. The monoisotopic (exact) mass is 353 g/mol. The van der Waals surface area contributed by atoms with Gasteiger partial charge in [0.25, 0.3) is 0 Å². The lowest BCUT2D eigenvalue weighted by Crippen LogP contribution is -2.43. The second-order valence-electron chi connectivity index (χ2n) is 6.36. The molecule has 0 unspecified atom stereocenters. The van der Waals surface area contributed by atoms with Crippen LogP contribution in [0.2, 0.25) is 5.02 Å². The Morgan fingerprint density at radius 2 is 1.68 bits per heavy atom. The van der Waals surface area contributed by atoms with Crippen LogP contribution in [-0.2, 0) is 6.54 Å². The van der Waals surface area contributed by atoms with E-state index in [4.69, 9.17) is 11.6 Å². The summed E-state index contributed by atoms with van der Waals surface area (Å²) in [5.74, 6) is 0. The molecule has 3 rings (SSSR count). The number of nitrogens with zero attached hydrogens (tertiary/aromatic N) is 3. The summed E-state index contributed by atoms with van der Waals surface area (Å²) in [7, 11) is 0. The molecule has 0 aliphatic carbocycles. The van der Waals surface area contributed by atoms with Crippen LogP contribution in [0.15, 0.2) is 65.3 Å². The van der Waals surface area contributed by atoms with Crippen molar-refractivity contribution in [2.45, 2.75) is 13.5 Å². The van der Waals surface area contributed by atoms with Crippen LogP contribution >= 0.6 is 11.6 Å². The van der Waals surface area contributed by atoms with Gasteiger partial charge in [-0.25, -0.2) is 0 Å². The van der Waals surface area contributed by atoms with E-state index in [9.17, 15) is 0 Å². The lowest BCUT2D eigenvalue weighted by atomic mass is 10.1. The summed E-state index contributed by atoms with van der Waals surface area (Å²) in [6.45, 7) is 6.89. The molecule has 0 radical (unpaired) electrons. The molecule has 1 aliphatic rings. The van der Waals surface area contributed by atoms with E-state index in [1.54, 1.807) is 0 Å². The van der Waals surface area contributed by atoms with E-state index in [1.807, 2.05) is 30.5 Å². The Balaban J connectivity index is 1.49. The predicted octanol–water partition coefficient (Wildman–Crippen LogP) is 4.55. The number of hydrazone groups is 1. The standard InChI is InChI=1S/C21H24ClN3/c1-18(15-19-7-3-2-4-8-19)16-23-25-13-11-24(12-14-25)17-20-9-5-6-10-21(20)22/h2-10,15-16H,11-14,17H2,1H3/b18-15+,23-16+. The minimum atomic E-state index is 0.852. The summed E-state index contributed by atoms with van der Waals surface area (Å²) < 4.78 is 0. The minimum Gasteiger partial charge on any atom is -0.295 e. The Kier molecular flexibility index (Phi) is 6.26. The Morgan fingerprint density at radius 1 is 1.00 bits per heavy atom. The molecular formula is C21H24ClN3. The van der Waals surface area contributed by atoms with Crippen molar-refractivity contribution in [1.82, 2.24) is 9.91 Å². The van der Waals surface area contributed by atoms with Crippen LogP contribution in [0.5, 0.6) is 0 Å². The molecule has 1 saturated heterocycles. The average Bonchev–Trinajstić information content (AvgIpc) is 2.64. The van der Waals surface area contributed by atoms with Gasteiger partial charge in [0.05, 0.1) is 0 Å². The molecule has 1 aliphatic heterocycles. The van der Waals surface area contributed by atoms with E-state index in [0.29, 0.717) is 0 Å². The van der Waals surface area contributed by atoms with Crippen LogP contribution in [0.25, 0.3) is 6.08 Å². The van der Waals surface area contributed by atoms with Crippen molar-refractivity contribution in [2.24, 2.45) is 5.10 Å². The molecule has 2 aromatic rings. The van der Waals surface area contributed by atoms with Gasteiger partial charge in [-0.1, -0.05) is 66.2 Å². The quantitative estimate of drug-likeness (QED) is 0.734. The highest BCUT2D eigenvalue weighted by molar-refractivity contribution is 6.31. The minimum absolute atomic E-state index is 0.852. The van der Waals surface area contributed by atoms with Crippen LogP contribution in [0.4, 0.5) is 0 Å². The molecule has 0 amide bonds. The maximum absolute atomic E-state index is 6.26. The van der Waals surface area contributed by atoms with Gasteiger partial charge in [-0.3, -0.25) is 9.91 Å². The van der Waals surface area contributed by atoms with Crippen molar-refractivity contribution in [3.8, 4) is 0 Å². The van der Waals surface area contributed by atoms with Crippen molar-refractivity contribution in [3.05, 3.63) is 76.3 Å². The van der Waals surface area contributed by atoms with E-state index in [0.717, 1.165) is 43.3 Å². The number of halogens is 1. The van der Waals surface area contributed by atoms with Gasteiger partial charge >= 0.3 is 0 Å². The first-order chi connectivity index (χ1) is 12.2. The third-order valence-corrected chi connectivity index (χ3v) is 4.69. The lowest BCUT2D eigenvalue weighted by molar-refractivity contribution is 0.131. The largest absolute Gasteiger partial charge is 0.295 e. The van der Waals surface area contributed by atoms with Crippen molar-refractivity contribution in [2.75, 3.05) is 26.2 Å². The van der Waals surface area contributed by atoms with Gasteiger partial charge in [0.15, 0.2) is 0 Å². The molecule has 4 heteroatoms. The Labute approximate surface area is 155 Å². The molecule has 130 valence electrons. The molecule has 2 aromatic carbocycles. The molecule has 0 bridgehead atoms. The van der Waals surface area contributed by atoms with E-state index >= 15 is 0 Å². The Morgan fingerprint density at radius 3 is 2.40 bits per heavy atom. The van der Waals surface area contributed by atoms with Crippen molar-refractivity contribution < 1.29 is 0 Å². The second kappa shape index (κ2) is 8.84. The van der Waals surface area contributed by atoms with E-state index in [-0.39, 0.29) is 0 Å². The van der Waals surface area contributed by atoms with Gasteiger partial charge in [0.2, 0.25) is 0 Å². The van der Waals surface area contributed by atoms with Gasteiger partial charge in [-0.2, -0.15) is 5.10 Å². The zero-order valence-corrected chi connectivity index (χ0v) is 15.4. The highest BCUT2D eigenvalue weighted by Crippen LogP contribution is 2.18. The lowest BCUT2D eigenvalue weighted by Gasteiger charge is -2.33. The van der Waals surface area contributed by atoms with Gasteiger partial charge < -0.3 is 0 Å². The van der Waals surface area contributed by atoms with Crippen LogP contribution in [-0.4, -0.2) is 42.3 Å². The first-order valence-corrected chi connectivity index (χ1v) is 9.06. The fourth-order valence-electron chi connectivity index (χ4n) is 2.90. The maximum Gasteiger partial charge on any atom is 0.0499 e. The summed E-state index contributed by atoms with van der Waals surface area (Å²) in [5, 5.41) is 7.62. The highest BCUT2D eigenvalue weighted by Gasteiger charge is 2.16. The van der Waals surface area contributed by atoms with Gasteiger partial charge in [0, 0.05) is 44.0 Å². The number of allylic oxidation sites excluding steroid dienone is 1. The first kappa shape index (κ1) is 17.7. The zero-order chi connectivity index (χ0) is 17.5. The molecule has 0 atom stereocenters. The van der Waals surface area contributed by atoms with E-state index in [1.165, 1.54) is 11.1 Å². The SMILES string of the molecule is CC(/C=N/N1CCN(Cc2ccccc2Cl)CC1)=C\c1ccccc1. The molecule has 0 N–H and O–H groups in total. The van der Waals surface area contributed by atoms with Gasteiger partial charge in [-0.15, -0.1) is 0 Å². The summed E-state index contributed by atoms with van der Waals surface area (Å²) >= 11 is 6.26. The predicted molar refractivity (Wildman–Crippen MR) is 107 cm³/mol. The van der Waals surface area contributed by atoms with E-state index < -0.39 is 0 Å². The van der Waals surface area contributed by atoms with Crippen LogP contribution in [0.3, 0.4) is 0 Å². The summed E-state index contributed by atoms with van der Waals surface area (Å²) in [5.41, 5.74) is 3.56. The summed E-state index contributed by atoms with van der Waals surface area (Å²) in [6, 6.07) is 18.4. The molecular weight excluding hydrogens is 330 g/mol. The molecule has 0 saturated carbocycles. The molecule has 25 heavy (non-hydrogen) atoms. The molecule has 1 fully saturated rings. The van der Waals surface area contributed by atoms with Crippen LogP contribution in [0.1, 0.15) is 18.1 Å². The van der Waals surface area contributed by atoms with Gasteiger partial charge in [0.1, 0.15) is 0 Å². The number of rotatable bonds is 5. The summed E-state index contributed by atoms with van der Waals surface area (Å²) in [4.78, 5) is 2.43. The van der Waals surface area contributed by atoms with Crippen LogP contribution in [0, 0.1) is 0 Å². The van der Waals surface area contributed by atoms with Crippen molar-refractivity contribution in [3.63, 3.8) is 0 Å². The fourth-order valence-corrected chi connectivity index (χ4v) is 3.10. The third kappa shape index (κ3) is 5.45.